The number of carbonyl (C=O) groups excluding carboxylic acids is 1. The molecule has 1 aromatic heterocycles. The summed E-state index contributed by atoms with van der Waals surface area (Å²) >= 11 is 0. The number of hydrogen-bond acceptors (Lipinski definition) is 4. The maximum Gasteiger partial charge on any atom is 0.274 e. The van der Waals surface area contributed by atoms with Crippen molar-refractivity contribution >= 4 is 22.5 Å². The lowest BCUT2D eigenvalue weighted by atomic mass is 10.1. The molecular weight excluding hydrogens is 260 g/mol. The summed E-state index contributed by atoms with van der Waals surface area (Å²) in [5.74, 6) is 0.816. The number of fused-ring (bicyclic) bond motifs is 1. The molecule has 0 atom stereocenters. The van der Waals surface area contributed by atoms with Crippen LogP contribution in [-0.2, 0) is 11.8 Å². The van der Waals surface area contributed by atoms with Gasteiger partial charge in [0.2, 0.25) is 5.91 Å². The Morgan fingerprint density at radius 1 is 1.15 bits per heavy atom. The Balaban J connectivity index is 2.76. The fraction of sp³-hybridized carbons (Fsp3) is 0.286. The Hall–Kier alpha value is -2.50. The van der Waals surface area contributed by atoms with Crippen molar-refractivity contribution < 1.29 is 14.3 Å². The van der Waals surface area contributed by atoms with E-state index in [1.165, 1.54) is 18.6 Å². The second-order valence-electron chi connectivity index (χ2n) is 4.37. The minimum Gasteiger partial charge on any atom is -0.493 e. The van der Waals surface area contributed by atoms with Crippen molar-refractivity contribution in [2.24, 2.45) is 7.05 Å². The quantitative estimate of drug-likeness (QED) is 0.922. The van der Waals surface area contributed by atoms with Crippen LogP contribution in [0.4, 0.5) is 5.69 Å². The summed E-state index contributed by atoms with van der Waals surface area (Å²) < 4.78 is 11.9. The van der Waals surface area contributed by atoms with Crippen molar-refractivity contribution in [3.8, 4) is 11.5 Å². The summed E-state index contributed by atoms with van der Waals surface area (Å²) in [5.41, 5.74) is 0.654. The average Bonchev–Trinajstić information content (AvgIpc) is 2.42. The van der Waals surface area contributed by atoms with E-state index in [0.29, 0.717) is 17.0 Å². The van der Waals surface area contributed by atoms with Crippen molar-refractivity contribution in [3.63, 3.8) is 0 Å². The summed E-state index contributed by atoms with van der Waals surface area (Å²) in [6, 6.07) is 5.12. The number of carbonyl (C=O) groups is 1. The number of rotatable bonds is 3. The first-order chi connectivity index (χ1) is 9.47. The van der Waals surface area contributed by atoms with Crippen LogP contribution in [0.2, 0.25) is 0 Å². The van der Waals surface area contributed by atoms with Crippen LogP contribution < -0.4 is 20.3 Å². The predicted molar refractivity (Wildman–Crippen MR) is 76.6 cm³/mol. The van der Waals surface area contributed by atoms with Gasteiger partial charge in [0, 0.05) is 25.4 Å². The van der Waals surface area contributed by atoms with Gasteiger partial charge in [-0.3, -0.25) is 9.59 Å². The molecule has 1 N–H and O–H groups in total. The molecule has 0 fully saturated rings. The van der Waals surface area contributed by atoms with Gasteiger partial charge in [-0.25, -0.2) is 0 Å². The maximum atomic E-state index is 12.1. The van der Waals surface area contributed by atoms with Gasteiger partial charge in [-0.15, -0.1) is 0 Å². The highest BCUT2D eigenvalue weighted by Gasteiger charge is 2.12. The van der Waals surface area contributed by atoms with E-state index >= 15 is 0 Å². The van der Waals surface area contributed by atoms with Crippen molar-refractivity contribution in [1.82, 2.24) is 4.57 Å². The molecule has 1 aromatic carbocycles. The largest absolute Gasteiger partial charge is 0.493 e. The first kappa shape index (κ1) is 13.9. The van der Waals surface area contributed by atoms with Crippen LogP contribution >= 0.6 is 0 Å². The van der Waals surface area contributed by atoms with E-state index in [4.69, 9.17) is 9.47 Å². The van der Waals surface area contributed by atoms with Crippen LogP contribution in [0.1, 0.15) is 6.92 Å². The Morgan fingerprint density at radius 3 is 2.30 bits per heavy atom. The van der Waals surface area contributed by atoms with E-state index in [9.17, 15) is 9.59 Å². The number of aromatic nitrogens is 1. The lowest BCUT2D eigenvalue weighted by Crippen LogP contribution is -2.23. The third-order valence-electron chi connectivity index (χ3n) is 3.04. The highest BCUT2D eigenvalue weighted by molar-refractivity contribution is 5.92. The number of anilines is 1. The van der Waals surface area contributed by atoms with Crippen molar-refractivity contribution in [2.45, 2.75) is 6.92 Å². The molecule has 0 radical (unpaired) electrons. The van der Waals surface area contributed by atoms with Gasteiger partial charge in [0.05, 0.1) is 19.7 Å². The van der Waals surface area contributed by atoms with Gasteiger partial charge < -0.3 is 19.4 Å². The van der Waals surface area contributed by atoms with Gasteiger partial charge in [0.1, 0.15) is 5.69 Å². The SMILES string of the molecule is COc1cc2cc(NC(C)=O)c(=O)n(C)c2cc1OC. The van der Waals surface area contributed by atoms with E-state index < -0.39 is 0 Å². The molecule has 0 saturated carbocycles. The monoisotopic (exact) mass is 276 g/mol. The second kappa shape index (κ2) is 5.24. The number of benzene rings is 1. The summed E-state index contributed by atoms with van der Waals surface area (Å²) in [6.07, 6.45) is 0. The first-order valence-electron chi connectivity index (χ1n) is 6.01. The Morgan fingerprint density at radius 2 is 1.75 bits per heavy atom. The average molecular weight is 276 g/mol. The molecule has 6 nitrogen and oxygen atoms in total. The lowest BCUT2D eigenvalue weighted by Gasteiger charge is -2.13. The van der Waals surface area contributed by atoms with Crippen molar-refractivity contribution in [3.05, 3.63) is 28.6 Å². The number of amides is 1. The molecule has 2 aromatic rings. The third-order valence-corrected chi connectivity index (χ3v) is 3.04. The third kappa shape index (κ3) is 2.32. The minimum absolute atomic E-state index is 0.236. The van der Waals surface area contributed by atoms with Crippen LogP contribution in [0.5, 0.6) is 11.5 Å². The highest BCUT2D eigenvalue weighted by atomic mass is 16.5. The molecular formula is C14H16N2O4. The van der Waals surface area contributed by atoms with Gasteiger partial charge in [0.25, 0.3) is 5.56 Å². The van der Waals surface area contributed by atoms with Crippen molar-refractivity contribution in [2.75, 3.05) is 19.5 Å². The fourth-order valence-corrected chi connectivity index (χ4v) is 2.08. The zero-order valence-corrected chi connectivity index (χ0v) is 11.8. The van der Waals surface area contributed by atoms with E-state index in [1.54, 1.807) is 32.4 Å². The Kier molecular flexibility index (Phi) is 3.65. The summed E-state index contributed by atoms with van der Waals surface area (Å²) in [4.78, 5) is 23.3. The molecule has 1 heterocycles. The zero-order chi connectivity index (χ0) is 14.9. The van der Waals surface area contributed by atoms with Gasteiger partial charge in [-0.2, -0.15) is 0 Å². The fourth-order valence-electron chi connectivity index (χ4n) is 2.08. The van der Waals surface area contributed by atoms with Gasteiger partial charge in [-0.1, -0.05) is 0 Å². The number of ether oxygens (including phenoxy) is 2. The van der Waals surface area contributed by atoms with E-state index in [2.05, 4.69) is 5.32 Å². The van der Waals surface area contributed by atoms with Gasteiger partial charge >= 0.3 is 0 Å². The smallest absolute Gasteiger partial charge is 0.274 e. The summed E-state index contributed by atoms with van der Waals surface area (Å²) in [6.45, 7) is 1.36. The second-order valence-corrected chi connectivity index (χ2v) is 4.37. The van der Waals surface area contributed by atoms with Gasteiger partial charge in [-0.05, 0) is 12.1 Å². The molecule has 0 aliphatic heterocycles. The molecule has 1 amide bonds. The molecule has 0 spiro atoms. The minimum atomic E-state index is -0.290. The molecule has 0 unspecified atom stereocenters. The van der Waals surface area contributed by atoms with Crippen LogP contribution in [-0.4, -0.2) is 24.7 Å². The first-order valence-corrected chi connectivity index (χ1v) is 6.01. The predicted octanol–water partition coefficient (Wildman–Crippen LogP) is 1.51. The zero-order valence-electron chi connectivity index (χ0n) is 11.8. The molecule has 0 aliphatic rings. The summed E-state index contributed by atoms with van der Waals surface area (Å²) in [7, 11) is 4.72. The molecule has 0 saturated heterocycles. The number of aryl methyl sites for hydroxylation is 1. The number of methoxy groups -OCH3 is 2. The molecule has 106 valence electrons. The molecule has 6 heteroatoms. The van der Waals surface area contributed by atoms with Gasteiger partial charge in [0.15, 0.2) is 11.5 Å². The molecule has 2 rings (SSSR count). The van der Waals surface area contributed by atoms with E-state index in [-0.39, 0.29) is 17.2 Å². The van der Waals surface area contributed by atoms with E-state index in [1.807, 2.05) is 0 Å². The van der Waals surface area contributed by atoms with Crippen LogP contribution in [0.3, 0.4) is 0 Å². The molecule has 0 bridgehead atoms. The number of pyridine rings is 1. The number of nitrogens with one attached hydrogen (secondary N) is 1. The van der Waals surface area contributed by atoms with Crippen LogP contribution in [0, 0.1) is 0 Å². The summed E-state index contributed by atoms with van der Waals surface area (Å²) in [5, 5.41) is 3.30. The van der Waals surface area contributed by atoms with Crippen molar-refractivity contribution in [1.29, 1.82) is 0 Å². The lowest BCUT2D eigenvalue weighted by molar-refractivity contribution is -0.114. The Bertz CT molecular complexity index is 734. The molecule has 20 heavy (non-hydrogen) atoms. The normalized spacial score (nSPS) is 10.4. The molecule has 0 aliphatic carbocycles. The van der Waals surface area contributed by atoms with Crippen LogP contribution in [0.15, 0.2) is 23.0 Å². The number of nitrogens with zero attached hydrogens (tertiary/aromatic N) is 1. The number of hydrogen-bond donors (Lipinski definition) is 1. The van der Waals surface area contributed by atoms with E-state index in [0.717, 1.165) is 5.39 Å². The standard InChI is InChI=1S/C14H16N2O4/c1-8(17)15-10-5-9-6-12(19-3)13(20-4)7-11(9)16(2)14(10)18/h5-7H,1-4H3,(H,15,17). The van der Waals surface area contributed by atoms with Crippen LogP contribution in [0.25, 0.3) is 10.9 Å². The Labute approximate surface area is 115 Å². The topological polar surface area (TPSA) is 69.6 Å². The highest BCUT2D eigenvalue weighted by Crippen LogP contribution is 2.32. The maximum absolute atomic E-state index is 12.1.